The van der Waals surface area contributed by atoms with Gasteiger partial charge >= 0.3 is 5.88 Å². The lowest BCUT2D eigenvalue weighted by molar-refractivity contribution is -0.402. The first-order valence-electron chi connectivity index (χ1n) is 8.51. The van der Waals surface area contributed by atoms with Crippen LogP contribution in [0.5, 0.6) is 0 Å². The topological polar surface area (TPSA) is 79.8 Å². The quantitative estimate of drug-likeness (QED) is 0.468. The number of hydrogen-bond donors (Lipinski definition) is 0. The molecular formula is C19H21N3O4. The van der Waals surface area contributed by atoms with Crippen molar-refractivity contribution < 1.29 is 14.1 Å². The highest BCUT2D eigenvalue weighted by Gasteiger charge is 2.20. The highest BCUT2D eigenvalue weighted by Crippen LogP contribution is 2.17. The number of benzene rings is 1. The van der Waals surface area contributed by atoms with Crippen LogP contribution in [0, 0.1) is 17.0 Å². The molecule has 0 N–H and O–H groups in total. The molecule has 26 heavy (non-hydrogen) atoms. The first-order chi connectivity index (χ1) is 12.5. The predicted octanol–water partition coefficient (Wildman–Crippen LogP) is 2.85. The van der Waals surface area contributed by atoms with Gasteiger partial charge in [0.25, 0.3) is 0 Å². The van der Waals surface area contributed by atoms with Crippen molar-refractivity contribution in [3.05, 3.63) is 69.5 Å². The number of nitro groups is 1. The number of amides is 1. The normalized spacial score (nSPS) is 15.5. The number of rotatable bonds is 5. The van der Waals surface area contributed by atoms with Gasteiger partial charge in [0, 0.05) is 38.8 Å². The third kappa shape index (κ3) is 4.37. The minimum Gasteiger partial charge on any atom is -0.401 e. The van der Waals surface area contributed by atoms with Crippen LogP contribution in [0.15, 0.2) is 46.9 Å². The van der Waals surface area contributed by atoms with E-state index < -0.39 is 4.92 Å². The van der Waals surface area contributed by atoms with Gasteiger partial charge in [-0.25, -0.2) is 0 Å². The molecular weight excluding hydrogens is 334 g/mol. The first-order valence-corrected chi connectivity index (χ1v) is 8.51. The van der Waals surface area contributed by atoms with E-state index in [1.165, 1.54) is 35.4 Å². The summed E-state index contributed by atoms with van der Waals surface area (Å²) in [5, 5.41) is 10.6. The van der Waals surface area contributed by atoms with Crippen molar-refractivity contribution in [2.75, 3.05) is 26.2 Å². The van der Waals surface area contributed by atoms with Crippen LogP contribution in [0.1, 0.15) is 16.9 Å². The van der Waals surface area contributed by atoms with E-state index in [2.05, 4.69) is 24.0 Å². The van der Waals surface area contributed by atoms with Gasteiger partial charge in [-0.3, -0.25) is 19.8 Å². The van der Waals surface area contributed by atoms with Gasteiger partial charge in [0.15, 0.2) is 0 Å². The van der Waals surface area contributed by atoms with Crippen molar-refractivity contribution >= 4 is 17.9 Å². The van der Waals surface area contributed by atoms with Crippen molar-refractivity contribution in [2.24, 2.45) is 0 Å². The van der Waals surface area contributed by atoms with Crippen LogP contribution in [0.4, 0.5) is 5.88 Å². The largest absolute Gasteiger partial charge is 0.433 e. The number of carbonyl (C=O) groups excluding carboxylic acids is 1. The molecule has 3 rings (SSSR count). The highest BCUT2D eigenvalue weighted by molar-refractivity contribution is 5.91. The smallest absolute Gasteiger partial charge is 0.401 e. The highest BCUT2D eigenvalue weighted by atomic mass is 16.6. The second-order valence-corrected chi connectivity index (χ2v) is 6.29. The van der Waals surface area contributed by atoms with Crippen LogP contribution >= 0.6 is 0 Å². The molecule has 2 aromatic rings. The lowest BCUT2D eigenvalue weighted by Crippen LogP contribution is -2.47. The molecule has 0 atom stereocenters. The molecule has 0 bridgehead atoms. The van der Waals surface area contributed by atoms with E-state index in [4.69, 9.17) is 4.42 Å². The molecule has 0 unspecified atom stereocenters. The second-order valence-electron chi connectivity index (χ2n) is 6.29. The molecule has 0 spiro atoms. The number of furan rings is 1. The standard InChI is InChI=1S/C19H21N3O4/c1-15-4-2-3-5-16(15)14-20-10-12-21(13-11-20)18(23)8-6-17-7-9-19(26-17)22(24)25/h2-9H,10-14H2,1H3/b8-6+. The van der Waals surface area contributed by atoms with E-state index in [0.717, 1.165) is 19.6 Å². The van der Waals surface area contributed by atoms with Crippen LogP contribution in [-0.2, 0) is 11.3 Å². The molecule has 2 heterocycles. The van der Waals surface area contributed by atoms with Crippen LogP contribution in [0.25, 0.3) is 6.08 Å². The monoisotopic (exact) mass is 355 g/mol. The van der Waals surface area contributed by atoms with Crippen LogP contribution in [-0.4, -0.2) is 46.8 Å². The summed E-state index contributed by atoms with van der Waals surface area (Å²) in [6, 6.07) is 11.1. The number of nitrogens with zero attached hydrogens (tertiary/aromatic N) is 3. The average Bonchev–Trinajstić information content (AvgIpc) is 3.12. The Morgan fingerprint density at radius 3 is 2.58 bits per heavy atom. The summed E-state index contributed by atoms with van der Waals surface area (Å²) in [4.78, 5) is 26.4. The Balaban J connectivity index is 1.51. The van der Waals surface area contributed by atoms with E-state index >= 15 is 0 Å². The summed E-state index contributed by atoms with van der Waals surface area (Å²) in [6.45, 7) is 5.96. The van der Waals surface area contributed by atoms with Crippen molar-refractivity contribution in [3.8, 4) is 0 Å². The van der Waals surface area contributed by atoms with E-state index in [1.807, 2.05) is 12.1 Å². The molecule has 0 radical (unpaired) electrons. The maximum absolute atomic E-state index is 12.3. The Kier molecular flexibility index (Phi) is 5.48. The van der Waals surface area contributed by atoms with Crippen molar-refractivity contribution in [1.29, 1.82) is 0 Å². The fraction of sp³-hybridized carbons (Fsp3) is 0.316. The molecule has 1 aliphatic rings. The predicted molar refractivity (Wildman–Crippen MR) is 97.4 cm³/mol. The molecule has 0 saturated carbocycles. The fourth-order valence-electron chi connectivity index (χ4n) is 2.94. The first kappa shape index (κ1) is 17.9. The molecule has 1 aliphatic heterocycles. The Morgan fingerprint density at radius 2 is 1.92 bits per heavy atom. The van der Waals surface area contributed by atoms with Crippen molar-refractivity contribution in [1.82, 2.24) is 9.80 Å². The van der Waals surface area contributed by atoms with Gasteiger partial charge in [-0.15, -0.1) is 0 Å². The van der Waals surface area contributed by atoms with Gasteiger partial charge < -0.3 is 9.32 Å². The minimum absolute atomic E-state index is 0.111. The van der Waals surface area contributed by atoms with Crippen molar-refractivity contribution in [2.45, 2.75) is 13.5 Å². The molecule has 136 valence electrons. The summed E-state index contributed by atoms with van der Waals surface area (Å²) in [6.07, 6.45) is 2.87. The number of piperazine rings is 1. The third-order valence-corrected chi connectivity index (χ3v) is 4.52. The van der Waals surface area contributed by atoms with Gasteiger partial charge in [-0.2, -0.15) is 0 Å². The molecule has 1 saturated heterocycles. The maximum atomic E-state index is 12.3. The van der Waals surface area contributed by atoms with Gasteiger partial charge in [0.05, 0.1) is 6.07 Å². The van der Waals surface area contributed by atoms with Gasteiger partial charge in [0.1, 0.15) is 10.7 Å². The summed E-state index contributed by atoms with van der Waals surface area (Å²) < 4.78 is 5.01. The Morgan fingerprint density at radius 1 is 1.19 bits per heavy atom. The zero-order valence-electron chi connectivity index (χ0n) is 14.6. The molecule has 0 aliphatic carbocycles. The second kappa shape index (κ2) is 7.97. The van der Waals surface area contributed by atoms with Gasteiger partial charge in [-0.05, 0) is 30.2 Å². The Bertz CT molecular complexity index is 820. The van der Waals surface area contributed by atoms with E-state index in [1.54, 1.807) is 4.90 Å². The van der Waals surface area contributed by atoms with Crippen LogP contribution in [0.3, 0.4) is 0 Å². The molecule has 7 heteroatoms. The summed E-state index contributed by atoms with van der Waals surface area (Å²) in [5.74, 6) is -0.148. The van der Waals surface area contributed by atoms with E-state index in [9.17, 15) is 14.9 Å². The molecule has 1 fully saturated rings. The Hall–Kier alpha value is -2.93. The molecule has 7 nitrogen and oxygen atoms in total. The molecule has 1 aromatic carbocycles. The molecule has 1 aromatic heterocycles. The van der Waals surface area contributed by atoms with E-state index in [0.29, 0.717) is 18.8 Å². The lowest BCUT2D eigenvalue weighted by atomic mass is 10.1. The fourth-order valence-corrected chi connectivity index (χ4v) is 2.94. The van der Waals surface area contributed by atoms with Crippen LogP contribution in [0.2, 0.25) is 0 Å². The van der Waals surface area contributed by atoms with E-state index in [-0.39, 0.29) is 11.8 Å². The maximum Gasteiger partial charge on any atom is 0.433 e. The zero-order valence-corrected chi connectivity index (χ0v) is 14.6. The number of carbonyl (C=O) groups is 1. The Labute approximate surface area is 151 Å². The van der Waals surface area contributed by atoms with Crippen LogP contribution < -0.4 is 0 Å². The summed E-state index contributed by atoms with van der Waals surface area (Å²) in [5.41, 5.74) is 2.59. The van der Waals surface area contributed by atoms with Gasteiger partial charge in [0.2, 0.25) is 5.91 Å². The third-order valence-electron chi connectivity index (χ3n) is 4.52. The SMILES string of the molecule is Cc1ccccc1CN1CCN(C(=O)/C=C/c2ccc([N+](=O)[O-])o2)CC1. The number of aryl methyl sites for hydroxylation is 1. The average molecular weight is 355 g/mol. The lowest BCUT2D eigenvalue weighted by Gasteiger charge is -2.34. The zero-order chi connectivity index (χ0) is 18.5. The summed E-state index contributed by atoms with van der Waals surface area (Å²) >= 11 is 0. The number of hydrogen-bond acceptors (Lipinski definition) is 5. The minimum atomic E-state index is -0.604. The summed E-state index contributed by atoms with van der Waals surface area (Å²) in [7, 11) is 0. The van der Waals surface area contributed by atoms with Gasteiger partial charge in [-0.1, -0.05) is 24.3 Å². The van der Waals surface area contributed by atoms with Crippen molar-refractivity contribution in [3.63, 3.8) is 0 Å². The molecule has 1 amide bonds.